The third-order valence-corrected chi connectivity index (χ3v) is 31.6. The van der Waals surface area contributed by atoms with E-state index in [4.69, 9.17) is 56.9 Å². The minimum Gasteiger partial charge on any atom is -0.379 e. The van der Waals surface area contributed by atoms with Gasteiger partial charge >= 0.3 is 0 Å². The van der Waals surface area contributed by atoms with Crippen molar-refractivity contribution < 1.29 is 36.3 Å². The molecule has 0 aliphatic carbocycles. The van der Waals surface area contributed by atoms with Crippen LogP contribution in [-0.4, -0.2) is 265 Å². The van der Waals surface area contributed by atoms with Crippen LogP contribution in [0.3, 0.4) is 0 Å². The number of aromatic amines is 4. The molecule has 0 bridgehead atoms. The average molecular weight is 2090 g/mol. The maximum absolute atomic E-state index is 15.2. The van der Waals surface area contributed by atoms with Crippen LogP contribution in [0.15, 0.2) is 97.6 Å². The molecule has 0 radical (unpaired) electrons. The van der Waals surface area contributed by atoms with Crippen LogP contribution in [0, 0.1) is 67.0 Å². The number of aromatic nitrogens is 16. The molecule has 7 aliphatic rings. The van der Waals surface area contributed by atoms with Crippen molar-refractivity contribution in [2.45, 2.75) is 202 Å². The summed E-state index contributed by atoms with van der Waals surface area (Å²) in [7, 11) is -2.83. The molecule has 8 aromatic heterocycles. The molecular formula is C105H132Cl4F2N28O6S. The van der Waals surface area contributed by atoms with Gasteiger partial charge in [0.1, 0.15) is 49.2 Å². The number of anilines is 10. The first kappa shape index (κ1) is 107. The summed E-state index contributed by atoms with van der Waals surface area (Å²) in [6.07, 6.45) is 20.7. The van der Waals surface area contributed by atoms with E-state index in [0.29, 0.717) is 133 Å². The molecule has 0 atom stereocenters. The molecule has 776 valence electrons. The minimum atomic E-state index is -2.83. The third-order valence-electron chi connectivity index (χ3n) is 28.7. The number of nitrogens with zero attached hydrogens (tertiary/aromatic N) is 18. The summed E-state index contributed by atoms with van der Waals surface area (Å²) in [5, 5.41) is 45.5. The molecule has 12 aromatic rings. The number of morpholine rings is 1. The predicted octanol–water partition coefficient (Wildman–Crippen LogP) is 17.6. The SMILES string of the molecule is CCc1cc(Nc2nc(Cc3cc(C)c(C4CCN(C5CS(=O)(=O)C5)CC4)cc3F)ncc2Cl)n[nH]1.CCc1cc(Nc2nc(Nc3cc(C)c(C4CCN(CC(N)=O)CC4)cc3F)ncc2Cl)n[nH]1.Cc1cc(Nc2nc(Cc3cc(C)c(C4CCN(C(=O)CN5CCCCC5)CC4)cc3C)ncc2Cl)n[nH]1.Cc1cc(Nc2nc(Cc3cc(C)c(C4CCN(C(=O)CN5CCOCC5)CC4)cc3C)ncc2Cl)n[nH]1. The Bertz CT molecular complexity index is 6470. The Morgan fingerprint density at radius 3 is 1.20 bits per heavy atom. The smallest absolute Gasteiger partial charge is 0.236 e. The molecule has 0 unspecified atom stereocenters. The highest BCUT2D eigenvalue weighted by Crippen LogP contribution is 2.41. The molecule has 4 aromatic carbocycles. The van der Waals surface area contributed by atoms with Gasteiger partial charge in [-0.05, 0) is 286 Å². The van der Waals surface area contributed by atoms with Crippen molar-refractivity contribution in [2.24, 2.45) is 5.73 Å². The van der Waals surface area contributed by atoms with E-state index < -0.39 is 9.84 Å². The van der Waals surface area contributed by atoms with Crippen molar-refractivity contribution in [1.29, 1.82) is 0 Å². The fraction of sp³-hybridized carbons (Fsp3) is 0.476. The summed E-state index contributed by atoms with van der Waals surface area (Å²) < 4.78 is 58.7. The van der Waals surface area contributed by atoms with Gasteiger partial charge < -0.3 is 46.9 Å². The monoisotopic (exact) mass is 2090 g/mol. The van der Waals surface area contributed by atoms with Gasteiger partial charge in [-0.3, -0.25) is 54.4 Å². The molecule has 7 fully saturated rings. The second-order valence-electron chi connectivity index (χ2n) is 39.5. The maximum Gasteiger partial charge on any atom is 0.236 e. The second kappa shape index (κ2) is 49.4. The number of benzene rings is 4. The normalized spacial score (nSPS) is 17.0. The van der Waals surface area contributed by atoms with Gasteiger partial charge in [0.25, 0.3) is 0 Å². The zero-order valence-corrected chi connectivity index (χ0v) is 88.5. The second-order valence-corrected chi connectivity index (χ2v) is 43.3. The molecule has 7 aliphatic heterocycles. The van der Waals surface area contributed by atoms with E-state index >= 15 is 8.78 Å². The lowest BCUT2D eigenvalue weighted by Crippen LogP contribution is -2.55. The van der Waals surface area contributed by atoms with E-state index in [-0.39, 0.29) is 77.4 Å². The van der Waals surface area contributed by atoms with Gasteiger partial charge in [-0.25, -0.2) is 52.1 Å². The Labute approximate surface area is 871 Å². The number of nitrogens with two attached hydrogens (primary N) is 1. The quantitative estimate of drug-likeness (QED) is 0.0208. The number of carbonyl (C=O) groups excluding carboxylic acids is 3. The number of carbonyl (C=O) groups is 3. The lowest BCUT2D eigenvalue weighted by Gasteiger charge is -2.41. The standard InChI is InChI=1S/C29H38ClN7O.C28H36ClN7O2.C25H30ClFN6O2S.C23H28ClFN8O/c1-19-14-24(22-7-11-37(12-8-22)28(38)18-36-9-5-4-6-10-36)20(2)13-23(19)16-26-31-17-25(30)29(32-26)33-27-15-21(3)34-35-27;1-18-13-23(21-4-6-36(7-5-21)27(37)17-35-8-10-38-11-9-35)19(2)12-22(18)15-25-30-16-24(29)28(31-25)32-26-14-20(3)33-34-26;1-3-18-10-24(32-31-18)30-25-21(26)12-28-23(29-25)9-17-8-15(2)20(11-22(17)27)16-4-6-33(7-5-16)19-13-36(34,35)14-19;1-3-15-9-21(32-31-15)29-22-17(24)11-27-23(30-22)28-19-8-13(2)16(10-18(19)25)14-4-6-33(7-5-14)12-20(26)34/h13-15,17,22H,4-12,16,18H2,1-3H3,(H2,31,32,33,34,35);12-14,16,21H,4-11,15,17H2,1-3H3,(H2,30,31,32,33,34);8,10-12,16,19H,3-7,9,13-14H2,1-2H3,(H2,28,29,30,31,32);8-11,14H,3-7,12H2,1-2H3,(H2,26,34)(H3,27,28,29,30,31,32). The number of ether oxygens (including phenoxy) is 1. The van der Waals surface area contributed by atoms with Gasteiger partial charge in [0.05, 0.1) is 74.8 Å². The summed E-state index contributed by atoms with van der Waals surface area (Å²) >= 11 is 25.2. The Balaban J connectivity index is 0.000000139. The zero-order valence-electron chi connectivity index (χ0n) is 84.6. The maximum atomic E-state index is 15.2. The number of amides is 3. The number of H-pyrrole nitrogens is 4. The van der Waals surface area contributed by atoms with Crippen molar-refractivity contribution in [3.05, 3.63) is 242 Å². The molecule has 146 heavy (non-hydrogen) atoms. The van der Waals surface area contributed by atoms with Gasteiger partial charge in [0.15, 0.2) is 56.4 Å². The Kier molecular flexibility index (Phi) is 36.2. The van der Waals surface area contributed by atoms with Crippen molar-refractivity contribution in [3.63, 3.8) is 0 Å². The van der Waals surface area contributed by atoms with Crippen LogP contribution in [0.1, 0.15) is 221 Å². The largest absolute Gasteiger partial charge is 0.379 e. The molecule has 15 heterocycles. The number of piperidine rings is 5. The minimum absolute atomic E-state index is 0.150. The van der Waals surface area contributed by atoms with Gasteiger partial charge in [0, 0.05) is 112 Å². The highest BCUT2D eigenvalue weighted by atomic mass is 35.5. The third kappa shape index (κ3) is 28.6. The zero-order chi connectivity index (χ0) is 103. The first-order valence-corrected chi connectivity index (χ1v) is 53.9. The van der Waals surface area contributed by atoms with Crippen LogP contribution in [0.25, 0.3) is 0 Å². The van der Waals surface area contributed by atoms with Gasteiger partial charge in [-0.1, -0.05) is 97.0 Å². The molecule has 11 N–H and O–H groups in total. The summed E-state index contributed by atoms with van der Waals surface area (Å²) in [4.78, 5) is 85.4. The summed E-state index contributed by atoms with van der Waals surface area (Å²) in [5.41, 5.74) is 24.3. The molecule has 0 saturated carbocycles. The van der Waals surface area contributed by atoms with Crippen LogP contribution < -0.4 is 32.3 Å². The predicted molar refractivity (Wildman–Crippen MR) is 568 cm³/mol. The number of primary amides is 1. The van der Waals surface area contributed by atoms with Gasteiger partial charge in [-0.2, -0.15) is 25.4 Å². The molecule has 34 nitrogen and oxygen atoms in total. The summed E-state index contributed by atoms with van der Waals surface area (Å²) in [5.74, 6) is 8.06. The molecule has 7 saturated heterocycles. The Morgan fingerprint density at radius 1 is 0.411 bits per heavy atom. The lowest BCUT2D eigenvalue weighted by molar-refractivity contribution is -0.135. The van der Waals surface area contributed by atoms with E-state index in [1.807, 2.05) is 81.7 Å². The van der Waals surface area contributed by atoms with Gasteiger partial charge in [0.2, 0.25) is 23.7 Å². The van der Waals surface area contributed by atoms with Gasteiger partial charge in [-0.15, -0.1) is 0 Å². The van der Waals surface area contributed by atoms with E-state index in [9.17, 15) is 22.8 Å². The van der Waals surface area contributed by atoms with Crippen molar-refractivity contribution >= 4 is 132 Å². The van der Waals surface area contributed by atoms with Crippen LogP contribution in [-0.2, 0) is 61.1 Å². The number of nitrogens with one attached hydrogen (secondary N) is 9. The van der Waals surface area contributed by atoms with E-state index in [2.05, 4.69) is 179 Å². The van der Waals surface area contributed by atoms with E-state index in [0.717, 1.165) is 201 Å². The van der Waals surface area contributed by atoms with E-state index in [1.54, 1.807) is 30.6 Å². The molecule has 3 amide bonds. The highest BCUT2D eigenvalue weighted by molar-refractivity contribution is 7.92. The lowest BCUT2D eigenvalue weighted by atomic mass is 9.84. The number of sulfone groups is 1. The highest BCUT2D eigenvalue weighted by Gasteiger charge is 2.40. The van der Waals surface area contributed by atoms with Crippen molar-refractivity contribution in [2.75, 3.05) is 149 Å². The number of hydrogen-bond donors (Lipinski definition) is 10. The Hall–Kier alpha value is -11.8. The summed E-state index contributed by atoms with van der Waals surface area (Å²) in [6.45, 7) is 33.8. The number of rotatable bonds is 29. The van der Waals surface area contributed by atoms with Crippen LogP contribution in [0.4, 0.5) is 67.0 Å². The number of hydrogen-bond acceptors (Lipinski definition) is 27. The van der Waals surface area contributed by atoms with Crippen molar-refractivity contribution in [3.8, 4) is 0 Å². The molecular weight excluding hydrogens is 1960 g/mol. The summed E-state index contributed by atoms with van der Waals surface area (Å²) in [6, 6.07) is 23.8. The van der Waals surface area contributed by atoms with Crippen LogP contribution in [0.5, 0.6) is 0 Å². The molecule has 19 rings (SSSR count). The molecule has 41 heteroatoms. The van der Waals surface area contributed by atoms with E-state index in [1.165, 1.54) is 76.2 Å². The topological polar surface area (TPSA) is 418 Å². The Morgan fingerprint density at radius 2 is 0.781 bits per heavy atom. The van der Waals surface area contributed by atoms with Crippen molar-refractivity contribution in [1.82, 2.24) is 110 Å². The first-order chi connectivity index (χ1) is 70.2. The average Bonchev–Trinajstić information content (AvgIpc) is 0.855. The van der Waals surface area contributed by atoms with Crippen LogP contribution >= 0.6 is 46.4 Å². The number of halogens is 6. The number of likely N-dealkylation sites (tertiary alicyclic amines) is 5. The first-order valence-electron chi connectivity index (χ1n) is 50.6. The molecule has 0 spiro atoms. The fourth-order valence-electron chi connectivity index (χ4n) is 20.4. The fourth-order valence-corrected chi connectivity index (χ4v) is 22.5. The van der Waals surface area contributed by atoms with Crippen LogP contribution in [0.2, 0.25) is 20.1 Å². The number of aryl methyl sites for hydroxylation is 10.